The van der Waals surface area contributed by atoms with Crippen LogP contribution in [-0.2, 0) is 10.0 Å². The zero-order valence-electron chi connectivity index (χ0n) is 17.9. The Morgan fingerprint density at radius 2 is 1.56 bits per heavy atom. The maximum Gasteiger partial charge on any atom is 0.261 e. The summed E-state index contributed by atoms with van der Waals surface area (Å²) in [5.74, 6) is 0.525. The van der Waals surface area contributed by atoms with Gasteiger partial charge in [0.25, 0.3) is 10.0 Å². The van der Waals surface area contributed by atoms with Crippen molar-refractivity contribution in [3.63, 3.8) is 0 Å². The second-order valence-electron chi connectivity index (χ2n) is 7.43. The summed E-state index contributed by atoms with van der Waals surface area (Å²) in [5, 5.41) is 8.99. The number of rotatable bonds is 6. The van der Waals surface area contributed by atoms with Gasteiger partial charge in [-0.3, -0.25) is 4.72 Å². The van der Waals surface area contributed by atoms with Crippen LogP contribution in [0, 0.1) is 0 Å². The molecule has 1 aliphatic rings. The molecule has 0 saturated carbocycles. The van der Waals surface area contributed by atoms with Crippen molar-refractivity contribution < 1.29 is 12.8 Å². The third-order valence-corrected chi connectivity index (χ3v) is 6.58. The van der Waals surface area contributed by atoms with Crippen molar-refractivity contribution in [3.05, 3.63) is 102 Å². The molecule has 0 unspecified atom stereocenters. The van der Waals surface area contributed by atoms with Gasteiger partial charge in [-0.15, -0.1) is 0 Å². The molecule has 0 atom stereocenters. The number of furan rings is 1. The number of nitrogens with zero attached hydrogens (tertiary/aromatic N) is 4. The molecule has 5 rings (SSSR count). The molecule has 1 aliphatic heterocycles. The highest BCUT2D eigenvalue weighted by molar-refractivity contribution is 7.92. The summed E-state index contributed by atoms with van der Waals surface area (Å²) in [7, 11) is -3.77. The molecule has 3 aromatic carbocycles. The lowest BCUT2D eigenvalue weighted by Gasteiger charge is -2.24. The smallest absolute Gasteiger partial charge is 0.261 e. The molecule has 0 spiro atoms. The summed E-state index contributed by atoms with van der Waals surface area (Å²) in [6.07, 6.45) is 1.54. The molecule has 2 heterocycles. The Labute approximate surface area is 195 Å². The number of nitrogens with one attached hydrogen (secondary N) is 1. The average Bonchev–Trinajstić information content (AvgIpc) is 3.34. The standard InChI is InChI=1S/C24H20N6O3S/c25-23-22-14-15-33-24(22)26-16-30(23)20-10-6-19(7-11-20)29-34(31,32)21-12-8-18(9-13-21)28-27-17-4-2-1-3-5-17/h1-15,29H,16,25H2/b28-27+. The van der Waals surface area contributed by atoms with Gasteiger partial charge in [-0.2, -0.15) is 10.2 Å². The topological polar surface area (TPSA) is 126 Å². The van der Waals surface area contributed by atoms with Crippen LogP contribution in [0.15, 0.2) is 116 Å². The van der Waals surface area contributed by atoms with Gasteiger partial charge in [-0.1, -0.05) is 18.2 Å². The number of sulfonamides is 1. The zero-order chi connectivity index (χ0) is 23.5. The fourth-order valence-electron chi connectivity index (χ4n) is 3.42. The Balaban J connectivity index is 1.29. The average molecular weight is 473 g/mol. The van der Waals surface area contributed by atoms with Crippen LogP contribution in [-0.4, -0.2) is 15.1 Å². The van der Waals surface area contributed by atoms with Crippen molar-refractivity contribution in [1.29, 1.82) is 0 Å². The maximum atomic E-state index is 12.8. The number of hydrogen-bond acceptors (Lipinski definition) is 8. The minimum atomic E-state index is -3.77. The predicted octanol–water partition coefficient (Wildman–Crippen LogP) is 3.62. The van der Waals surface area contributed by atoms with Crippen molar-refractivity contribution in [3.8, 4) is 0 Å². The van der Waals surface area contributed by atoms with Crippen LogP contribution in [0.1, 0.15) is 0 Å². The van der Waals surface area contributed by atoms with E-state index in [4.69, 9.17) is 10.2 Å². The van der Waals surface area contributed by atoms with Gasteiger partial charge in [0.2, 0.25) is 5.55 Å². The Kier molecular flexibility index (Phi) is 5.56. The van der Waals surface area contributed by atoms with Crippen LogP contribution >= 0.6 is 0 Å². The highest BCUT2D eigenvalue weighted by Gasteiger charge is 2.17. The van der Waals surface area contributed by atoms with Gasteiger partial charge in [0.05, 0.1) is 27.8 Å². The molecule has 0 amide bonds. The Morgan fingerprint density at radius 3 is 2.26 bits per heavy atom. The number of anilines is 2. The molecule has 0 radical (unpaired) electrons. The zero-order valence-corrected chi connectivity index (χ0v) is 18.7. The van der Waals surface area contributed by atoms with E-state index in [0.29, 0.717) is 35.1 Å². The van der Waals surface area contributed by atoms with Gasteiger partial charge < -0.3 is 15.1 Å². The van der Waals surface area contributed by atoms with E-state index in [-0.39, 0.29) is 4.90 Å². The number of azo groups is 1. The summed E-state index contributed by atoms with van der Waals surface area (Å²) < 4.78 is 33.5. The molecular weight excluding hydrogens is 452 g/mol. The second-order valence-corrected chi connectivity index (χ2v) is 9.12. The first kappa shape index (κ1) is 21.4. The van der Waals surface area contributed by atoms with Gasteiger partial charge in [0.1, 0.15) is 12.5 Å². The Bertz CT molecular complexity index is 1560. The molecule has 0 aliphatic carbocycles. The first-order chi connectivity index (χ1) is 16.5. The second kappa shape index (κ2) is 8.83. The van der Waals surface area contributed by atoms with Gasteiger partial charge in [0, 0.05) is 11.4 Å². The fourth-order valence-corrected chi connectivity index (χ4v) is 4.48. The van der Waals surface area contributed by atoms with Gasteiger partial charge in [-0.25, -0.2) is 13.4 Å². The molecule has 0 saturated heterocycles. The lowest BCUT2D eigenvalue weighted by atomic mass is 10.2. The van der Waals surface area contributed by atoms with E-state index < -0.39 is 10.0 Å². The summed E-state index contributed by atoms with van der Waals surface area (Å²) >= 11 is 0. The van der Waals surface area contributed by atoms with E-state index in [9.17, 15) is 8.42 Å². The van der Waals surface area contributed by atoms with Crippen LogP contribution in [0.25, 0.3) is 5.82 Å². The number of hydrogen-bond donors (Lipinski definition) is 2. The first-order valence-corrected chi connectivity index (χ1v) is 11.8. The largest absolute Gasteiger partial charge is 0.446 e. The van der Waals surface area contributed by atoms with Crippen LogP contribution in [0.4, 0.5) is 22.7 Å². The van der Waals surface area contributed by atoms with E-state index >= 15 is 0 Å². The SMILES string of the molecule is NC1=c2ccoc2=NCN1c1ccc(NS(=O)(=O)c2ccc(/N=N/c3ccccc3)cc2)cc1. The van der Waals surface area contributed by atoms with Crippen LogP contribution in [0.5, 0.6) is 0 Å². The summed E-state index contributed by atoms with van der Waals surface area (Å²) in [5.41, 5.74) is 9.22. The maximum absolute atomic E-state index is 12.8. The molecule has 10 heteroatoms. The van der Waals surface area contributed by atoms with Crippen LogP contribution in [0.2, 0.25) is 0 Å². The van der Waals surface area contributed by atoms with Crippen molar-refractivity contribution in [2.75, 3.05) is 16.3 Å². The van der Waals surface area contributed by atoms with Crippen molar-refractivity contribution in [2.45, 2.75) is 4.90 Å². The van der Waals surface area contributed by atoms with E-state index in [1.165, 1.54) is 12.1 Å². The van der Waals surface area contributed by atoms with E-state index in [2.05, 4.69) is 19.9 Å². The van der Waals surface area contributed by atoms with Crippen molar-refractivity contribution in [1.82, 2.24) is 0 Å². The number of fused-ring (bicyclic) bond motifs is 1. The monoisotopic (exact) mass is 472 g/mol. The Hall–Kier alpha value is -4.44. The fraction of sp³-hybridized carbons (Fsp3) is 0.0417. The van der Waals surface area contributed by atoms with Crippen LogP contribution in [0.3, 0.4) is 0 Å². The minimum absolute atomic E-state index is 0.120. The molecular formula is C24H20N6O3S. The highest BCUT2D eigenvalue weighted by Crippen LogP contribution is 2.24. The number of nitrogens with two attached hydrogens (primary N) is 1. The molecule has 170 valence electrons. The Morgan fingerprint density at radius 1 is 0.882 bits per heavy atom. The third kappa shape index (κ3) is 4.39. The molecule has 9 nitrogen and oxygen atoms in total. The minimum Gasteiger partial charge on any atom is -0.446 e. The molecule has 3 N–H and O–H groups in total. The third-order valence-electron chi connectivity index (χ3n) is 5.18. The van der Waals surface area contributed by atoms with Crippen molar-refractivity contribution >= 4 is 38.6 Å². The van der Waals surface area contributed by atoms with E-state index in [0.717, 1.165) is 10.9 Å². The number of benzene rings is 3. The summed E-state index contributed by atoms with van der Waals surface area (Å²) in [4.78, 5) is 6.29. The molecule has 1 aromatic heterocycles. The van der Waals surface area contributed by atoms with Gasteiger partial charge in [0.15, 0.2) is 0 Å². The quantitative estimate of drug-likeness (QED) is 0.415. The lowest BCUT2D eigenvalue weighted by Crippen LogP contribution is -2.42. The van der Waals surface area contributed by atoms with Gasteiger partial charge in [-0.05, 0) is 66.7 Å². The molecule has 4 aromatic rings. The molecule has 0 bridgehead atoms. The summed E-state index contributed by atoms with van der Waals surface area (Å²) in [6.45, 7) is 0.311. The lowest BCUT2D eigenvalue weighted by molar-refractivity contribution is 0.500. The van der Waals surface area contributed by atoms with Crippen molar-refractivity contribution in [2.24, 2.45) is 21.0 Å². The predicted molar refractivity (Wildman–Crippen MR) is 129 cm³/mol. The molecule has 34 heavy (non-hydrogen) atoms. The van der Waals surface area contributed by atoms with Gasteiger partial charge >= 0.3 is 0 Å². The van der Waals surface area contributed by atoms with E-state index in [1.54, 1.807) is 48.7 Å². The normalized spacial score (nSPS) is 13.5. The van der Waals surface area contributed by atoms with E-state index in [1.807, 2.05) is 35.2 Å². The molecule has 0 fully saturated rings. The summed E-state index contributed by atoms with van der Waals surface area (Å²) in [6, 6.07) is 24.1. The first-order valence-electron chi connectivity index (χ1n) is 10.3. The van der Waals surface area contributed by atoms with Crippen LogP contribution < -0.4 is 26.1 Å². The highest BCUT2D eigenvalue weighted by atomic mass is 32.2.